The summed E-state index contributed by atoms with van der Waals surface area (Å²) >= 11 is 9.39. The molecule has 10 heteroatoms. The van der Waals surface area contributed by atoms with Gasteiger partial charge in [-0.2, -0.15) is 18.3 Å². The zero-order chi connectivity index (χ0) is 24.3. The highest BCUT2D eigenvalue weighted by molar-refractivity contribution is 9.10. The van der Waals surface area contributed by atoms with Crippen molar-refractivity contribution in [3.8, 4) is 5.75 Å². The number of rotatable bonds is 9. The number of hydrogen-bond donors (Lipinski definition) is 1. The molecule has 1 fully saturated rings. The van der Waals surface area contributed by atoms with E-state index in [-0.39, 0.29) is 23.4 Å². The van der Waals surface area contributed by atoms with Gasteiger partial charge in [0.05, 0.1) is 10.7 Å². The highest BCUT2D eigenvalue weighted by Gasteiger charge is 2.41. The van der Waals surface area contributed by atoms with Gasteiger partial charge in [0.2, 0.25) is 0 Å². The van der Waals surface area contributed by atoms with Gasteiger partial charge in [0, 0.05) is 29.0 Å². The monoisotopic (exact) mass is 555 g/mol. The van der Waals surface area contributed by atoms with Gasteiger partial charge in [-0.1, -0.05) is 45.7 Å². The third-order valence-electron chi connectivity index (χ3n) is 5.39. The van der Waals surface area contributed by atoms with E-state index in [0.29, 0.717) is 36.6 Å². The second-order valence-corrected chi connectivity index (χ2v) is 9.39. The van der Waals surface area contributed by atoms with Crippen LogP contribution in [0, 0.1) is 0 Å². The Morgan fingerprint density at radius 2 is 1.97 bits per heavy atom. The molecular weight excluding hydrogens is 535 g/mol. The van der Waals surface area contributed by atoms with E-state index in [4.69, 9.17) is 16.3 Å². The van der Waals surface area contributed by atoms with Gasteiger partial charge in [0.1, 0.15) is 12.4 Å². The Hall–Kier alpha value is -2.52. The van der Waals surface area contributed by atoms with Gasteiger partial charge in [-0.3, -0.25) is 9.48 Å². The fourth-order valence-corrected chi connectivity index (χ4v) is 4.39. The quantitative estimate of drug-likeness (QED) is 0.302. The molecule has 1 aliphatic carbocycles. The van der Waals surface area contributed by atoms with Crippen LogP contribution in [0.4, 0.5) is 13.2 Å². The fourth-order valence-electron chi connectivity index (χ4n) is 3.61. The fraction of sp³-hybridized carbons (Fsp3) is 0.333. The molecule has 34 heavy (non-hydrogen) atoms. The number of alkyl halides is 3. The summed E-state index contributed by atoms with van der Waals surface area (Å²) in [5.41, 5.74) is 0.725. The van der Waals surface area contributed by atoms with Gasteiger partial charge in [0.25, 0.3) is 5.91 Å². The van der Waals surface area contributed by atoms with Gasteiger partial charge >= 0.3 is 6.18 Å². The Morgan fingerprint density at radius 1 is 1.21 bits per heavy atom. The van der Waals surface area contributed by atoms with E-state index in [0.717, 1.165) is 22.9 Å². The van der Waals surface area contributed by atoms with Crippen LogP contribution in [0.5, 0.6) is 5.75 Å². The van der Waals surface area contributed by atoms with Crippen molar-refractivity contribution < 1.29 is 22.7 Å². The molecule has 0 aliphatic heterocycles. The summed E-state index contributed by atoms with van der Waals surface area (Å²) in [6.07, 6.45) is -2.56. The second-order valence-electron chi connectivity index (χ2n) is 8.10. The predicted molar refractivity (Wildman–Crippen MR) is 126 cm³/mol. The lowest BCUT2D eigenvalue weighted by Gasteiger charge is -2.10. The minimum absolute atomic E-state index is 0.0210. The number of halogens is 5. The zero-order valence-electron chi connectivity index (χ0n) is 18.0. The molecule has 0 bridgehead atoms. The van der Waals surface area contributed by atoms with Crippen LogP contribution >= 0.6 is 27.5 Å². The lowest BCUT2D eigenvalue weighted by molar-refractivity contribution is -0.141. The molecule has 1 saturated carbocycles. The van der Waals surface area contributed by atoms with E-state index in [1.807, 2.05) is 30.3 Å². The van der Waals surface area contributed by atoms with Crippen molar-refractivity contribution in [2.75, 3.05) is 6.54 Å². The average Bonchev–Trinajstić information content (AvgIpc) is 3.57. The summed E-state index contributed by atoms with van der Waals surface area (Å²) in [7, 11) is 0. The first-order valence-electron chi connectivity index (χ1n) is 10.8. The van der Waals surface area contributed by atoms with Gasteiger partial charge in [-0.05, 0) is 55.2 Å². The molecule has 4 rings (SSSR count). The lowest BCUT2D eigenvalue weighted by Crippen LogP contribution is -2.25. The van der Waals surface area contributed by atoms with Crippen molar-refractivity contribution >= 4 is 33.4 Å². The first-order valence-corrected chi connectivity index (χ1v) is 12.0. The number of ether oxygens (including phenoxy) is 1. The normalized spacial score (nSPS) is 13.7. The molecule has 2 aromatic carbocycles. The molecule has 1 heterocycles. The maximum atomic E-state index is 13.2. The van der Waals surface area contributed by atoms with Crippen LogP contribution in [-0.2, 0) is 19.3 Å². The van der Waals surface area contributed by atoms with E-state index in [1.54, 1.807) is 18.2 Å². The van der Waals surface area contributed by atoms with E-state index in [1.165, 1.54) is 4.68 Å². The molecule has 180 valence electrons. The zero-order valence-corrected chi connectivity index (χ0v) is 20.4. The number of carbonyl (C=O) groups excluding carboxylic acids is 1. The molecule has 0 atom stereocenters. The molecule has 0 saturated heterocycles. The standard InChI is InChI=1S/C24H22BrClF3N3O2/c25-18-6-2-7-19(13-18)34-14-15-4-1-5-17(12-15)23(33)30-10-3-11-32-21(16-8-9-16)20(26)22(31-32)24(27,28)29/h1-2,4-7,12-13,16H,3,8-11,14H2,(H,30,33). The minimum Gasteiger partial charge on any atom is -0.489 e. The predicted octanol–water partition coefficient (Wildman–Crippen LogP) is 6.59. The summed E-state index contributed by atoms with van der Waals surface area (Å²) in [5, 5.41) is 6.22. The molecule has 1 aliphatic rings. The first-order chi connectivity index (χ1) is 16.2. The average molecular weight is 557 g/mol. The van der Waals surface area contributed by atoms with E-state index < -0.39 is 11.9 Å². The van der Waals surface area contributed by atoms with E-state index >= 15 is 0 Å². The number of nitrogens with zero attached hydrogens (tertiary/aromatic N) is 2. The van der Waals surface area contributed by atoms with Crippen molar-refractivity contribution in [3.63, 3.8) is 0 Å². The van der Waals surface area contributed by atoms with E-state index in [9.17, 15) is 18.0 Å². The molecule has 3 aromatic rings. The number of benzene rings is 2. The van der Waals surface area contributed by atoms with Gasteiger partial charge in [0.15, 0.2) is 5.69 Å². The number of aryl methyl sites for hydroxylation is 1. The third-order valence-corrected chi connectivity index (χ3v) is 6.25. The first kappa shape index (κ1) is 24.6. The Balaban J connectivity index is 1.30. The van der Waals surface area contributed by atoms with Gasteiger partial charge in [-0.25, -0.2) is 0 Å². The molecule has 5 nitrogen and oxygen atoms in total. The molecular formula is C24H22BrClF3N3O2. The number of hydrogen-bond acceptors (Lipinski definition) is 3. The van der Waals surface area contributed by atoms with Crippen LogP contribution in [0.25, 0.3) is 0 Å². The Kier molecular flexibility index (Phi) is 7.52. The molecule has 1 amide bonds. The molecule has 0 unspecified atom stereocenters. The van der Waals surface area contributed by atoms with Crippen molar-refractivity contribution in [1.29, 1.82) is 0 Å². The highest BCUT2D eigenvalue weighted by Crippen LogP contribution is 2.46. The Labute approximate surface area is 208 Å². The van der Waals surface area contributed by atoms with Crippen molar-refractivity contribution in [1.82, 2.24) is 15.1 Å². The molecule has 1 aromatic heterocycles. The number of amides is 1. The van der Waals surface area contributed by atoms with Crippen LogP contribution in [-0.4, -0.2) is 22.2 Å². The summed E-state index contributed by atoms with van der Waals surface area (Å²) in [6.45, 7) is 0.839. The minimum atomic E-state index is -4.59. The Bertz CT molecular complexity index is 1180. The summed E-state index contributed by atoms with van der Waals surface area (Å²) in [6, 6.07) is 14.6. The van der Waals surface area contributed by atoms with Gasteiger partial charge < -0.3 is 10.1 Å². The lowest BCUT2D eigenvalue weighted by atomic mass is 10.1. The van der Waals surface area contributed by atoms with Crippen molar-refractivity contribution in [3.05, 3.63) is 80.5 Å². The molecule has 0 spiro atoms. The summed E-state index contributed by atoms with van der Waals surface area (Å²) in [4.78, 5) is 12.6. The molecule has 0 radical (unpaired) electrons. The maximum absolute atomic E-state index is 13.2. The van der Waals surface area contributed by atoms with Crippen LogP contribution in [0.2, 0.25) is 5.02 Å². The summed E-state index contributed by atoms with van der Waals surface area (Å²) in [5.74, 6) is 0.469. The summed E-state index contributed by atoms with van der Waals surface area (Å²) < 4.78 is 47.6. The van der Waals surface area contributed by atoms with Crippen LogP contribution in [0.15, 0.2) is 53.0 Å². The SMILES string of the molecule is O=C(NCCCn1nc(C(F)(F)F)c(Cl)c1C1CC1)c1cccc(COc2cccc(Br)c2)c1. The molecule has 1 N–H and O–H groups in total. The number of aromatic nitrogens is 2. The number of nitrogens with one attached hydrogen (secondary N) is 1. The smallest absolute Gasteiger partial charge is 0.436 e. The van der Waals surface area contributed by atoms with Crippen LogP contribution < -0.4 is 10.1 Å². The van der Waals surface area contributed by atoms with Crippen molar-refractivity contribution in [2.45, 2.75) is 44.5 Å². The van der Waals surface area contributed by atoms with Crippen molar-refractivity contribution in [2.24, 2.45) is 0 Å². The third kappa shape index (κ3) is 6.13. The highest BCUT2D eigenvalue weighted by atomic mass is 79.9. The van der Waals surface area contributed by atoms with E-state index in [2.05, 4.69) is 26.3 Å². The number of carbonyl (C=O) groups is 1. The largest absolute Gasteiger partial charge is 0.489 e. The maximum Gasteiger partial charge on any atom is 0.436 e. The van der Waals surface area contributed by atoms with Crippen LogP contribution in [0.1, 0.15) is 52.5 Å². The Morgan fingerprint density at radius 3 is 2.68 bits per heavy atom. The topological polar surface area (TPSA) is 56.2 Å². The van der Waals surface area contributed by atoms with Gasteiger partial charge in [-0.15, -0.1) is 0 Å². The second kappa shape index (κ2) is 10.4. The van der Waals surface area contributed by atoms with Crippen LogP contribution in [0.3, 0.4) is 0 Å².